The molecule has 0 aliphatic heterocycles. The van der Waals surface area contributed by atoms with E-state index in [2.05, 4.69) is 10.1 Å². The van der Waals surface area contributed by atoms with Gasteiger partial charge >= 0.3 is 6.18 Å². The highest BCUT2D eigenvalue weighted by atomic mass is 19.4. The molecular weight excluding hydrogens is 239 g/mol. The van der Waals surface area contributed by atoms with Crippen LogP contribution in [-0.4, -0.2) is 42.5 Å². The molecule has 0 saturated heterocycles. The average molecular weight is 257 g/mol. The minimum Gasteiger partial charge on any atom is -0.391 e. The van der Waals surface area contributed by atoms with Crippen LogP contribution in [0.25, 0.3) is 0 Å². The minimum atomic E-state index is -4.45. The van der Waals surface area contributed by atoms with Crippen LogP contribution >= 0.6 is 0 Å². The van der Waals surface area contributed by atoms with E-state index in [9.17, 15) is 23.1 Å². The lowest BCUT2D eigenvalue weighted by Crippen LogP contribution is -2.41. The van der Waals surface area contributed by atoms with Crippen molar-refractivity contribution >= 4 is 5.91 Å². The van der Waals surface area contributed by atoms with Gasteiger partial charge in [-0.1, -0.05) is 13.8 Å². The maximum absolute atomic E-state index is 11.8. The van der Waals surface area contributed by atoms with Gasteiger partial charge in [0.05, 0.1) is 6.10 Å². The quantitative estimate of drug-likeness (QED) is 0.748. The van der Waals surface area contributed by atoms with E-state index in [1.807, 2.05) is 0 Å². The molecule has 0 rings (SSSR count). The van der Waals surface area contributed by atoms with Crippen molar-refractivity contribution in [2.45, 2.75) is 39.2 Å². The zero-order valence-corrected chi connectivity index (χ0v) is 10.0. The van der Waals surface area contributed by atoms with Crippen LogP contribution in [0.5, 0.6) is 0 Å². The van der Waals surface area contributed by atoms with Crippen molar-refractivity contribution in [3.05, 3.63) is 0 Å². The molecule has 7 heteroatoms. The molecule has 0 aliphatic rings. The van der Waals surface area contributed by atoms with Crippen LogP contribution in [0.4, 0.5) is 13.2 Å². The fourth-order valence-electron chi connectivity index (χ4n) is 0.880. The third-order valence-corrected chi connectivity index (χ3v) is 2.12. The molecule has 0 bridgehead atoms. The topological polar surface area (TPSA) is 58.6 Å². The summed E-state index contributed by atoms with van der Waals surface area (Å²) in [7, 11) is 0. The molecule has 4 nitrogen and oxygen atoms in total. The van der Waals surface area contributed by atoms with Crippen LogP contribution in [0.3, 0.4) is 0 Å². The van der Waals surface area contributed by atoms with Crippen molar-refractivity contribution in [3.8, 4) is 0 Å². The highest BCUT2D eigenvalue weighted by Crippen LogP contribution is 2.15. The van der Waals surface area contributed by atoms with Gasteiger partial charge < -0.3 is 15.2 Å². The molecule has 2 N–H and O–H groups in total. The summed E-state index contributed by atoms with van der Waals surface area (Å²) in [6.45, 7) is 3.29. The van der Waals surface area contributed by atoms with Gasteiger partial charge in [-0.25, -0.2) is 0 Å². The Bertz CT molecular complexity index is 243. The van der Waals surface area contributed by atoms with Crippen molar-refractivity contribution in [2.24, 2.45) is 5.92 Å². The van der Waals surface area contributed by atoms with Gasteiger partial charge in [-0.05, 0) is 12.8 Å². The Labute approximate surface area is 98.1 Å². The smallest absolute Gasteiger partial charge is 0.391 e. The second kappa shape index (κ2) is 6.80. The standard InChI is InChI=1S/C10H18F3NO3/c1-6(2)8(15)4-14-9(16)7(3)17-5-10(11,12)13/h6-8,15H,4-5H2,1-3H3,(H,14,16). The van der Waals surface area contributed by atoms with E-state index in [4.69, 9.17) is 0 Å². The number of hydrogen-bond donors (Lipinski definition) is 2. The zero-order chi connectivity index (χ0) is 13.6. The Morgan fingerprint density at radius 2 is 1.88 bits per heavy atom. The second-order valence-electron chi connectivity index (χ2n) is 4.12. The van der Waals surface area contributed by atoms with Crippen LogP contribution in [-0.2, 0) is 9.53 Å². The van der Waals surface area contributed by atoms with Crippen molar-refractivity contribution < 1.29 is 27.8 Å². The van der Waals surface area contributed by atoms with Crippen LogP contribution in [0, 0.1) is 5.92 Å². The van der Waals surface area contributed by atoms with Gasteiger partial charge in [0, 0.05) is 6.54 Å². The maximum Gasteiger partial charge on any atom is 0.411 e. The summed E-state index contributed by atoms with van der Waals surface area (Å²) < 4.78 is 39.8. The molecule has 0 heterocycles. The predicted octanol–water partition coefficient (Wildman–Crippen LogP) is 1.09. The van der Waals surface area contributed by atoms with E-state index in [0.29, 0.717) is 0 Å². The number of nitrogens with one attached hydrogen (secondary N) is 1. The summed E-state index contributed by atoms with van der Waals surface area (Å²) in [6, 6.07) is 0. The van der Waals surface area contributed by atoms with E-state index < -0.39 is 30.9 Å². The van der Waals surface area contributed by atoms with Gasteiger partial charge in [0.1, 0.15) is 12.7 Å². The molecule has 17 heavy (non-hydrogen) atoms. The molecule has 0 aromatic carbocycles. The number of carbonyl (C=O) groups is 1. The Hall–Kier alpha value is -0.820. The molecule has 2 unspecified atom stereocenters. The number of aliphatic hydroxyl groups is 1. The highest BCUT2D eigenvalue weighted by molar-refractivity contribution is 5.80. The Morgan fingerprint density at radius 1 is 1.35 bits per heavy atom. The number of rotatable bonds is 6. The largest absolute Gasteiger partial charge is 0.411 e. The molecule has 102 valence electrons. The lowest BCUT2D eigenvalue weighted by molar-refractivity contribution is -0.185. The molecule has 2 atom stereocenters. The average Bonchev–Trinajstić information content (AvgIpc) is 2.20. The number of alkyl halides is 3. The fraction of sp³-hybridized carbons (Fsp3) is 0.900. The number of carbonyl (C=O) groups excluding carboxylic acids is 1. The molecule has 1 amide bonds. The highest BCUT2D eigenvalue weighted by Gasteiger charge is 2.29. The molecule has 0 radical (unpaired) electrons. The van der Waals surface area contributed by atoms with Crippen molar-refractivity contribution in [3.63, 3.8) is 0 Å². The van der Waals surface area contributed by atoms with Gasteiger partial charge in [0.25, 0.3) is 0 Å². The summed E-state index contributed by atoms with van der Waals surface area (Å²) in [5.41, 5.74) is 0. The second-order valence-corrected chi connectivity index (χ2v) is 4.12. The first kappa shape index (κ1) is 16.2. The summed E-state index contributed by atoms with van der Waals surface area (Å²) >= 11 is 0. The summed E-state index contributed by atoms with van der Waals surface area (Å²) in [4.78, 5) is 11.3. The number of ether oxygens (including phenoxy) is 1. The molecule has 0 aromatic rings. The van der Waals surface area contributed by atoms with Crippen LogP contribution < -0.4 is 5.32 Å². The number of amides is 1. The van der Waals surface area contributed by atoms with Crippen LogP contribution in [0.2, 0.25) is 0 Å². The van der Waals surface area contributed by atoms with Crippen LogP contribution in [0.1, 0.15) is 20.8 Å². The number of halogens is 3. The fourth-order valence-corrected chi connectivity index (χ4v) is 0.880. The maximum atomic E-state index is 11.8. The summed E-state index contributed by atoms with van der Waals surface area (Å²) in [5, 5.41) is 11.7. The van der Waals surface area contributed by atoms with Gasteiger partial charge in [0.2, 0.25) is 5.91 Å². The molecule has 0 aromatic heterocycles. The van der Waals surface area contributed by atoms with Gasteiger partial charge in [-0.15, -0.1) is 0 Å². The lowest BCUT2D eigenvalue weighted by Gasteiger charge is -2.18. The van der Waals surface area contributed by atoms with Gasteiger partial charge in [0.15, 0.2) is 0 Å². The zero-order valence-electron chi connectivity index (χ0n) is 10.0. The normalized spacial score (nSPS) is 15.8. The van der Waals surface area contributed by atoms with Crippen molar-refractivity contribution in [1.82, 2.24) is 5.32 Å². The number of hydrogen-bond acceptors (Lipinski definition) is 3. The van der Waals surface area contributed by atoms with Gasteiger partial charge in [-0.2, -0.15) is 13.2 Å². The first-order valence-electron chi connectivity index (χ1n) is 5.27. The van der Waals surface area contributed by atoms with Crippen LogP contribution in [0.15, 0.2) is 0 Å². The SMILES string of the molecule is CC(OCC(F)(F)F)C(=O)NCC(O)C(C)C. The monoisotopic (exact) mass is 257 g/mol. The molecule has 0 aliphatic carbocycles. The minimum absolute atomic E-state index is 0.00375. The summed E-state index contributed by atoms with van der Waals surface area (Å²) in [5.74, 6) is -0.712. The Morgan fingerprint density at radius 3 is 2.29 bits per heavy atom. The first-order valence-corrected chi connectivity index (χ1v) is 5.27. The molecule has 0 saturated carbocycles. The molecule has 0 spiro atoms. The van der Waals surface area contributed by atoms with Crippen molar-refractivity contribution in [2.75, 3.05) is 13.2 Å². The summed E-state index contributed by atoms with van der Waals surface area (Å²) in [6.07, 6.45) is -6.38. The van der Waals surface area contributed by atoms with E-state index >= 15 is 0 Å². The third kappa shape index (κ3) is 7.98. The van der Waals surface area contributed by atoms with Gasteiger partial charge in [-0.3, -0.25) is 4.79 Å². The number of aliphatic hydroxyl groups excluding tert-OH is 1. The van der Waals surface area contributed by atoms with E-state index in [1.54, 1.807) is 13.8 Å². The third-order valence-electron chi connectivity index (χ3n) is 2.12. The van der Waals surface area contributed by atoms with E-state index in [-0.39, 0.29) is 12.5 Å². The Balaban J connectivity index is 3.90. The first-order chi connectivity index (χ1) is 7.63. The molecule has 0 fully saturated rings. The lowest BCUT2D eigenvalue weighted by atomic mass is 10.1. The predicted molar refractivity (Wildman–Crippen MR) is 55.3 cm³/mol. The van der Waals surface area contributed by atoms with E-state index in [0.717, 1.165) is 0 Å². The molecular formula is C10H18F3NO3. The Kier molecular flexibility index (Phi) is 6.48. The van der Waals surface area contributed by atoms with E-state index in [1.165, 1.54) is 6.92 Å². The van der Waals surface area contributed by atoms with Crippen molar-refractivity contribution in [1.29, 1.82) is 0 Å².